The van der Waals surface area contributed by atoms with E-state index in [1.165, 1.54) is 5.56 Å². The van der Waals surface area contributed by atoms with E-state index < -0.39 is 6.10 Å². The standard InChI is InChI=1S/C16H24N2O3/c1-2-4-12-5-3-6-13(9-12)11-21-16(20)18-8-7-15(19)14(17)10-18/h3,5-6,9,14-15,19H,2,4,7-8,10-11,17H2,1H3/t14-,15+/m0/s1. The second-order valence-corrected chi connectivity index (χ2v) is 5.59. The zero-order valence-corrected chi connectivity index (χ0v) is 12.5. The number of benzene rings is 1. The molecule has 5 nitrogen and oxygen atoms in total. The number of ether oxygens (including phenoxy) is 1. The van der Waals surface area contributed by atoms with Gasteiger partial charge in [0.15, 0.2) is 0 Å². The number of hydrogen-bond acceptors (Lipinski definition) is 4. The molecule has 0 spiro atoms. The van der Waals surface area contributed by atoms with Crippen molar-refractivity contribution < 1.29 is 14.6 Å². The molecule has 1 aliphatic heterocycles. The number of carbonyl (C=O) groups excluding carboxylic acids is 1. The lowest BCUT2D eigenvalue weighted by molar-refractivity contribution is 0.0440. The van der Waals surface area contributed by atoms with Crippen LogP contribution in [0.3, 0.4) is 0 Å². The van der Waals surface area contributed by atoms with E-state index in [9.17, 15) is 9.90 Å². The number of nitrogens with zero attached hydrogens (tertiary/aromatic N) is 1. The van der Waals surface area contributed by atoms with Gasteiger partial charge in [-0.3, -0.25) is 0 Å². The Labute approximate surface area is 125 Å². The largest absolute Gasteiger partial charge is 0.445 e. The molecule has 0 unspecified atom stereocenters. The summed E-state index contributed by atoms with van der Waals surface area (Å²) in [7, 11) is 0. The molecule has 2 atom stereocenters. The van der Waals surface area contributed by atoms with Crippen LogP contribution in [0.25, 0.3) is 0 Å². The number of carbonyl (C=O) groups is 1. The van der Waals surface area contributed by atoms with Crippen LogP contribution in [-0.4, -0.2) is 41.3 Å². The van der Waals surface area contributed by atoms with Gasteiger partial charge in [0.2, 0.25) is 0 Å². The fraction of sp³-hybridized carbons (Fsp3) is 0.562. The Morgan fingerprint density at radius 2 is 2.24 bits per heavy atom. The van der Waals surface area contributed by atoms with Crippen molar-refractivity contribution in [3.63, 3.8) is 0 Å². The summed E-state index contributed by atoms with van der Waals surface area (Å²) < 4.78 is 5.33. The van der Waals surface area contributed by atoms with Crippen molar-refractivity contribution in [2.45, 2.75) is 44.9 Å². The van der Waals surface area contributed by atoms with Crippen LogP contribution < -0.4 is 5.73 Å². The Hall–Kier alpha value is -1.59. The smallest absolute Gasteiger partial charge is 0.410 e. The van der Waals surface area contributed by atoms with E-state index in [0.29, 0.717) is 19.5 Å². The highest BCUT2D eigenvalue weighted by Crippen LogP contribution is 2.13. The maximum absolute atomic E-state index is 12.0. The Morgan fingerprint density at radius 3 is 2.95 bits per heavy atom. The molecule has 0 bridgehead atoms. The molecule has 1 fully saturated rings. The third kappa shape index (κ3) is 4.44. The van der Waals surface area contributed by atoms with Crippen molar-refractivity contribution >= 4 is 6.09 Å². The van der Waals surface area contributed by atoms with Crippen molar-refractivity contribution in [3.05, 3.63) is 35.4 Å². The predicted octanol–water partition coefficient (Wildman–Crippen LogP) is 1.67. The van der Waals surface area contributed by atoms with Crippen molar-refractivity contribution in [1.82, 2.24) is 4.90 Å². The number of likely N-dealkylation sites (tertiary alicyclic amines) is 1. The van der Waals surface area contributed by atoms with Crippen LogP contribution in [-0.2, 0) is 17.8 Å². The zero-order valence-electron chi connectivity index (χ0n) is 12.5. The van der Waals surface area contributed by atoms with Gasteiger partial charge in [0.25, 0.3) is 0 Å². The molecule has 116 valence electrons. The molecule has 1 aliphatic rings. The first-order valence-corrected chi connectivity index (χ1v) is 7.53. The summed E-state index contributed by atoms with van der Waals surface area (Å²) in [5, 5.41) is 9.56. The molecule has 0 aromatic heterocycles. The number of aliphatic hydroxyl groups excluding tert-OH is 1. The van der Waals surface area contributed by atoms with E-state index >= 15 is 0 Å². The maximum atomic E-state index is 12.0. The average Bonchev–Trinajstić information content (AvgIpc) is 2.48. The third-order valence-electron chi connectivity index (χ3n) is 3.77. The second-order valence-electron chi connectivity index (χ2n) is 5.59. The molecule has 0 saturated carbocycles. The minimum atomic E-state index is -0.528. The summed E-state index contributed by atoms with van der Waals surface area (Å²) in [5.74, 6) is 0. The first-order valence-electron chi connectivity index (χ1n) is 7.53. The molecule has 1 amide bonds. The Balaban J connectivity index is 1.85. The van der Waals surface area contributed by atoms with Gasteiger partial charge in [-0.1, -0.05) is 37.6 Å². The molecule has 2 rings (SSSR count). The van der Waals surface area contributed by atoms with Gasteiger partial charge in [-0.2, -0.15) is 0 Å². The van der Waals surface area contributed by atoms with Gasteiger partial charge in [-0.15, -0.1) is 0 Å². The SMILES string of the molecule is CCCc1cccc(COC(=O)N2CC[C@@H](O)[C@@H](N)C2)c1. The summed E-state index contributed by atoms with van der Waals surface area (Å²) in [5.41, 5.74) is 8.02. The van der Waals surface area contributed by atoms with E-state index in [-0.39, 0.29) is 18.7 Å². The molecule has 21 heavy (non-hydrogen) atoms. The van der Waals surface area contributed by atoms with E-state index in [2.05, 4.69) is 19.1 Å². The fourth-order valence-electron chi connectivity index (χ4n) is 2.54. The Kier molecular flexibility index (Phi) is 5.59. The molecule has 5 heteroatoms. The Morgan fingerprint density at radius 1 is 1.48 bits per heavy atom. The van der Waals surface area contributed by atoms with E-state index in [0.717, 1.165) is 18.4 Å². The number of nitrogens with two attached hydrogens (primary N) is 1. The van der Waals surface area contributed by atoms with Crippen molar-refractivity contribution in [2.24, 2.45) is 5.73 Å². The zero-order chi connectivity index (χ0) is 15.2. The van der Waals surface area contributed by atoms with Crippen LogP contribution in [0.1, 0.15) is 30.9 Å². The summed E-state index contributed by atoms with van der Waals surface area (Å²) >= 11 is 0. The lowest BCUT2D eigenvalue weighted by Crippen LogP contribution is -2.53. The molecular formula is C16H24N2O3. The molecule has 1 saturated heterocycles. The van der Waals surface area contributed by atoms with Gasteiger partial charge in [0.1, 0.15) is 6.61 Å². The van der Waals surface area contributed by atoms with E-state index in [1.54, 1.807) is 4.90 Å². The minimum absolute atomic E-state index is 0.269. The highest BCUT2D eigenvalue weighted by Gasteiger charge is 2.28. The number of amides is 1. The van der Waals surface area contributed by atoms with Gasteiger partial charge in [-0.05, 0) is 24.0 Å². The van der Waals surface area contributed by atoms with E-state index in [1.807, 2.05) is 12.1 Å². The van der Waals surface area contributed by atoms with Crippen LogP contribution in [0, 0.1) is 0 Å². The molecule has 1 aromatic carbocycles. The molecule has 1 heterocycles. The quantitative estimate of drug-likeness (QED) is 0.885. The summed E-state index contributed by atoms with van der Waals surface area (Å²) in [6, 6.07) is 7.71. The average molecular weight is 292 g/mol. The van der Waals surface area contributed by atoms with Crippen LogP contribution in [0.4, 0.5) is 4.79 Å². The molecule has 1 aromatic rings. The van der Waals surface area contributed by atoms with Crippen LogP contribution in [0.5, 0.6) is 0 Å². The predicted molar refractivity (Wildman–Crippen MR) is 80.8 cm³/mol. The first kappa shape index (κ1) is 15.8. The topological polar surface area (TPSA) is 75.8 Å². The fourth-order valence-corrected chi connectivity index (χ4v) is 2.54. The van der Waals surface area contributed by atoms with Crippen LogP contribution in [0.15, 0.2) is 24.3 Å². The molecular weight excluding hydrogens is 268 g/mol. The lowest BCUT2D eigenvalue weighted by atomic mass is 10.0. The van der Waals surface area contributed by atoms with Crippen molar-refractivity contribution in [2.75, 3.05) is 13.1 Å². The number of aliphatic hydroxyl groups is 1. The highest BCUT2D eigenvalue weighted by atomic mass is 16.6. The number of aryl methyl sites for hydroxylation is 1. The normalized spacial score (nSPS) is 22.1. The van der Waals surface area contributed by atoms with Gasteiger partial charge >= 0.3 is 6.09 Å². The van der Waals surface area contributed by atoms with Crippen molar-refractivity contribution in [3.8, 4) is 0 Å². The third-order valence-corrected chi connectivity index (χ3v) is 3.77. The Bertz CT molecular complexity index is 478. The highest BCUT2D eigenvalue weighted by molar-refractivity contribution is 5.67. The van der Waals surface area contributed by atoms with Crippen LogP contribution >= 0.6 is 0 Å². The summed E-state index contributed by atoms with van der Waals surface area (Å²) in [6.07, 6.45) is 1.73. The number of rotatable bonds is 4. The molecule has 3 N–H and O–H groups in total. The van der Waals surface area contributed by atoms with Crippen LogP contribution in [0.2, 0.25) is 0 Å². The first-order chi connectivity index (χ1) is 10.1. The second kappa shape index (κ2) is 7.43. The lowest BCUT2D eigenvalue weighted by Gasteiger charge is -2.33. The van der Waals surface area contributed by atoms with E-state index in [4.69, 9.17) is 10.5 Å². The summed E-state index contributed by atoms with van der Waals surface area (Å²) in [4.78, 5) is 13.6. The van der Waals surface area contributed by atoms with Gasteiger partial charge in [-0.25, -0.2) is 4.79 Å². The van der Waals surface area contributed by atoms with Crippen molar-refractivity contribution in [1.29, 1.82) is 0 Å². The van der Waals surface area contributed by atoms with Gasteiger partial charge < -0.3 is 20.5 Å². The molecule has 0 aliphatic carbocycles. The minimum Gasteiger partial charge on any atom is -0.445 e. The molecule has 0 radical (unpaired) electrons. The monoisotopic (exact) mass is 292 g/mol. The number of hydrogen-bond donors (Lipinski definition) is 2. The maximum Gasteiger partial charge on any atom is 0.410 e. The van der Waals surface area contributed by atoms with Gasteiger partial charge in [0.05, 0.1) is 6.10 Å². The summed E-state index contributed by atoms with van der Waals surface area (Å²) in [6.45, 7) is 3.24. The van der Waals surface area contributed by atoms with Gasteiger partial charge in [0, 0.05) is 19.1 Å². The number of piperidine rings is 1.